The first kappa shape index (κ1) is 13.6. The summed E-state index contributed by atoms with van der Waals surface area (Å²) in [7, 11) is 0. The highest BCUT2D eigenvalue weighted by Crippen LogP contribution is 2.27. The molecule has 0 aromatic carbocycles. The molecule has 94 valence electrons. The molecule has 0 bridgehead atoms. The Bertz CT molecular complexity index is 247. The van der Waals surface area contributed by atoms with Gasteiger partial charge in [0.1, 0.15) is 5.84 Å². The lowest BCUT2D eigenvalue weighted by Crippen LogP contribution is -2.50. The van der Waals surface area contributed by atoms with Gasteiger partial charge in [-0.15, -0.1) is 0 Å². The minimum atomic E-state index is 0.338. The zero-order valence-corrected chi connectivity index (χ0v) is 11.2. The molecule has 0 aromatic rings. The second kappa shape index (κ2) is 6.35. The van der Waals surface area contributed by atoms with Crippen LogP contribution >= 0.6 is 11.8 Å². The van der Waals surface area contributed by atoms with Crippen molar-refractivity contribution in [2.45, 2.75) is 50.9 Å². The smallest absolute Gasteiger partial charge is 0.140 e. The molecule has 1 saturated heterocycles. The van der Waals surface area contributed by atoms with Crippen molar-refractivity contribution in [3.8, 4) is 0 Å². The van der Waals surface area contributed by atoms with Crippen LogP contribution in [0.3, 0.4) is 0 Å². The summed E-state index contributed by atoms with van der Waals surface area (Å²) >= 11 is 2.03. The number of hydrogen-bond donors (Lipinski definition) is 2. The normalized spacial score (nSPS) is 30.3. The molecule has 1 fully saturated rings. The highest BCUT2D eigenvalue weighted by Gasteiger charge is 2.30. The van der Waals surface area contributed by atoms with Gasteiger partial charge in [-0.1, -0.05) is 19.0 Å². The molecule has 0 saturated carbocycles. The van der Waals surface area contributed by atoms with E-state index in [2.05, 4.69) is 30.8 Å². The summed E-state index contributed by atoms with van der Waals surface area (Å²) in [5.41, 5.74) is 5.60. The molecule has 1 aliphatic heterocycles. The van der Waals surface area contributed by atoms with Crippen LogP contribution in [-0.4, -0.2) is 45.6 Å². The van der Waals surface area contributed by atoms with Crippen LogP contribution in [0.5, 0.6) is 0 Å². The van der Waals surface area contributed by atoms with Gasteiger partial charge in [0.2, 0.25) is 0 Å². The predicted molar refractivity (Wildman–Crippen MR) is 70.2 cm³/mol. The Hall–Kier alpha value is -0.420. The third kappa shape index (κ3) is 3.28. The Morgan fingerprint density at radius 3 is 2.88 bits per heavy atom. The van der Waals surface area contributed by atoms with E-state index in [0.717, 1.165) is 13.0 Å². The number of nitrogens with zero attached hydrogens (tertiary/aromatic N) is 2. The van der Waals surface area contributed by atoms with Gasteiger partial charge in [-0.2, -0.15) is 11.8 Å². The molecule has 0 spiro atoms. The fourth-order valence-electron chi connectivity index (χ4n) is 2.25. The zero-order valence-electron chi connectivity index (χ0n) is 10.4. The molecular formula is C11H23N3OS. The van der Waals surface area contributed by atoms with Crippen LogP contribution in [-0.2, 0) is 0 Å². The maximum absolute atomic E-state index is 8.64. The summed E-state index contributed by atoms with van der Waals surface area (Å²) in [6, 6.07) is 0.962. The van der Waals surface area contributed by atoms with Gasteiger partial charge in [0.05, 0.1) is 0 Å². The van der Waals surface area contributed by atoms with E-state index in [1.165, 1.54) is 5.75 Å². The number of oxime groups is 1. The number of rotatable bonds is 4. The molecule has 0 aromatic heterocycles. The van der Waals surface area contributed by atoms with Gasteiger partial charge in [-0.3, -0.25) is 4.90 Å². The summed E-state index contributed by atoms with van der Waals surface area (Å²) in [4.78, 5) is 2.50. The fourth-order valence-corrected chi connectivity index (χ4v) is 3.37. The van der Waals surface area contributed by atoms with Gasteiger partial charge in [0, 0.05) is 36.1 Å². The third-order valence-electron chi connectivity index (χ3n) is 3.45. The maximum atomic E-state index is 8.64. The first-order valence-corrected chi connectivity index (χ1v) is 6.98. The number of nitrogens with two attached hydrogens (primary N) is 1. The lowest BCUT2D eigenvalue weighted by atomic mass is 10.0. The topological polar surface area (TPSA) is 61.9 Å². The molecule has 1 aliphatic rings. The van der Waals surface area contributed by atoms with Crippen molar-refractivity contribution in [3.63, 3.8) is 0 Å². The van der Waals surface area contributed by atoms with Crippen LogP contribution in [0.2, 0.25) is 0 Å². The maximum Gasteiger partial charge on any atom is 0.140 e. The van der Waals surface area contributed by atoms with E-state index >= 15 is 0 Å². The minimum absolute atomic E-state index is 0.338. The largest absolute Gasteiger partial charge is 0.409 e. The molecule has 5 heteroatoms. The third-order valence-corrected chi connectivity index (χ3v) is 4.78. The Balaban J connectivity index is 2.64. The first-order valence-electron chi connectivity index (χ1n) is 5.93. The van der Waals surface area contributed by atoms with E-state index in [9.17, 15) is 0 Å². The molecule has 1 rings (SSSR count). The van der Waals surface area contributed by atoms with Crippen LogP contribution in [0.25, 0.3) is 0 Å². The zero-order chi connectivity index (χ0) is 12.1. The standard InChI is InChI=1S/C11H23N3OS/c1-4-10(7-11(12)13-15)14-5-6-16-9(3)8(14)2/h8-10,15H,4-7H2,1-3H3,(H2,12,13). The van der Waals surface area contributed by atoms with Crippen LogP contribution in [0.1, 0.15) is 33.6 Å². The van der Waals surface area contributed by atoms with Gasteiger partial charge in [0.25, 0.3) is 0 Å². The van der Waals surface area contributed by atoms with E-state index in [-0.39, 0.29) is 0 Å². The second-order valence-electron chi connectivity index (χ2n) is 4.41. The SMILES string of the molecule is CCC(CC(N)=NO)N1CCSC(C)C1C. The number of thioether (sulfide) groups is 1. The average molecular weight is 245 g/mol. The van der Waals surface area contributed by atoms with Crippen molar-refractivity contribution in [2.24, 2.45) is 10.9 Å². The summed E-state index contributed by atoms with van der Waals surface area (Å²) in [6.45, 7) is 7.81. The molecule has 16 heavy (non-hydrogen) atoms. The highest BCUT2D eigenvalue weighted by molar-refractivity contribution is 8.00. The summed E-state index contributed by atoms with van der Waals surface area (Å²) in [6.07, 6.45) is 1.70. The molecule has 0 amide bonds. The van der Waals surface area contributed by atoms with Gasteiger partial charge in [0.15, 0.2) is 0 Å². The molecule has 4 nitrogen and oxygen atoms in total. The monoisotopic (exact) mass is 245 g/mol. The van der Waals surface area contributed by atoms with Crippen molar-refractivity contribution in [2.75, 3.05) is 12.3 Å². The highest BCUT2D eigenvalue weighted by atomic mass is 32.2. The van der Waals surface area contributed by atoms with Crippen molar-refractivity contribution < 1.29 is 5.21 Å². The van der Waals surface area contributed by atoms with Crippen molar-refractivity contribution in [1.29, 1.82) is 0 Å². The van der Waals surface area contributed by atoms with Gasteiger partial charge in [-0.05, 0) is 13.3 Å². The van der Waals surface area contributed by atoms with Crippen LogP contribution in [0.15, 0.2) is 5.16 Å². The molecule has 3 unspecified atom stereocenters. The Morgan fingerprint density at radius 2 is 2.31 bits per heavy atom. The average Bonchev–Trinajstić information content (AvgIpc) is 2.29. The molecule has 0 aliphatic carbocycles. The summed E-state index contributed by atoms with van der Waals surface area (Å²) in [5.74, 6) is 1.52. The number of hydrogen-bond acceptors (Lipinski definition) is 4. The van der Waals surface area contributed by atoms with E-state index in [1.807, 2.05) is 11.8 Å². The van der Waals surface area contributed by atoms with Crippen molar-refractivity contribution in [1.82, 2.24) is 4.90 Å². The first-order chi connectivity index (χ1) is 7.60. The van der Waals surface area contributed by atoms with Gasteiger partial charge < -0.3 is 10.9 Å². The van der Waals surface area contributed by atoms with E-state index < -0.39 is 0 Å². The summed E-state index contributed by atoms with van der Waals surface area (Å²) < 4.78 is 0. The molecule has 1 heterocycles. The Morgan fingerprint density at radius 1 is 1.62 bits per heavy atom. The van der Waals surface area contributed by atoms with Crippen molar-refractivity contribution >= 4 is 17.6 Å². The minimum Gasteiger partial charge on any atom is -0.409 e. The van der Waals surface area contributed by atoms with Gasteiger partial charge in [-0.25, -0.2) is 0 Å². The van der Waals surface area contributed by atoms with Crippen molar-refractivity contribution in [3.05, 3.63) is 0 Å². The second-order valence-corrected chi connectivity index (χ2v) is 5.90. The van der Waals surface area contributed by atoms with E-state index in [4.69, 9.17) is 10.9 Å². The molecule has 3 atom stereocenters. The Kier molecular flexibility index (Phi) is 5.41. The summed E-state index contributed by atoms with van der Waals surface area (Å²) in [5, 5.41) is 12.4. The lowest BCUT2D eigenvalue weighted by molar-refractivity contribution is 0.145. The lowest BCUT2D eigenvalue weighted by Gasteiger charge is -2.42. The Labute approximate surface area is 102 Å². The predicted octanol–water partition coefficient (Wildman–Crippen LogP) is 1.73. The fraction of sp³-hybridized carbons (Fsp3) is 0.909. The number of amidine groups is 1. The van der Waals surface area contributed by atoms with Crippen LogP contribution < -0.4 is 5.73 Å². The van der Waals surface area contributed by atoms with E-state index in [0.29, 0.717) is 29.6 Å². The molecular weight excluding hydrogens is 222 g/mol. The van der Waals surface area contributed by atoms with Gasteiger partial charge >= 0.3 is 0 Å². The molecule has 0 radical (unpaired) electrons. The van der Waals surface area contributed by atoms with Crippen LogP contribution in [0, 0.1) is 0 Å². The van der Waals surface area contributed by atoms with E-state index in [1.54, 1.807) is 0 Å². The quantitative estimate of drug-likeness (QED) is 0.343. The molecule has 3 N–H and O–H groups in total. The van der Waals surface area contributed by atoms with Crippen LogP contribution in [0.4, 0.5) is 0 Å².